The van der Waals surface area contributed by atoms with Crippen LogP contribution in [0, 0.1) is 6.92 Å². The van der Waals surface area contributed by atoms with Gasteiger partial charge in [0.05, 0.1) is 18.0 Å². The number of carbonyl (C=O) groups excluding carboxylic acids is 1. The van der Waals surface area contributed by atoms with Gasteiger partial charge in [-0.3, -0.25) is 9.36 Å². The van der Waals surface area contributed by atoms with Crippen LogP contribution in [0.3, 0.4) is 0 Å². The molecule has 0 spiro atoms. The molecule has 6 rings (SSSR count). The zero-order chi connectivity index (χ0) is 26.3. The molecular weight excluding hydrogens is 494 g/mol. The molecule has 38 heavy (non-hydrogen) atoms. The number of nitrogens with one attached hydrogen (secondary N) is 1. The monoisotopic (exact) mass is 525 g/mol. The van der Waals surface area contributed by atoms with Gasteiger partial charge in [0, 0.05) is 24.2 Å². The van der Waals surface area contributed by atoms with Crippen molar-refractivity contribution in [2.24, 2.45) is 0 Å². The summed E-state index contributed by atoms with van der Waals surface area (Å²) in [4.78, 5) is 13.9. The summed E-state index contributed by atoms with van der Waals surface area (Å²) >= 11 is 6.22. The lowest BCUT2D eigenvalue weighted by Gasteiger charge is -2.27. The first-order valence-corrected chi connectivity index (χ1v) is 13.7. The molecule has 1 aliphatic heterocycles. The predicted octanol–water partition coefficient (Wildman–Crippen LogP) is 6.67. The van der Waals surface area contributed by atoms with E-state index in [9.17, 15) is 4.79 Å². The van der Waals surface area contributed by atoms with Crippen LogP contribution in [0.2, 0.25) is 5.02 Å². The minimum absolute atomic E-state index is 0.0732. The highest BCUT2D eigenvalue weighted by Gasteiger charge is 2.50. The van der Waals surface area contributed by atoms with E-state index in [2.05, 4.69) is 70.2 Å². The van der Waals surface area contributed by atoms with Crippen LogP contribution >= 0.6 is 11.6 Å². The molecule has 0 bridgehead atoms. The van der Waals surface area contributed by atoms with Crippen molar-refractivity contribution >= 4 is 29.1 Å². The van der Waals surface area contributed by atoms with Gasteiger partial charge >= 0.3 is 0 Å². The molecule has 2 heterocycles. The maximum absolute atomic E-state index is 11.5. The molecule has 6 nitrogen and oxygen atoms in total. The molecular formula is C31H32ClN5O. The molecule has 1 atom stereocenters. The lowest BCUT2D eigenvalue weighted by atomic mass is 9.95. The number of anilines is 2. The van der Waals surface area contributed by atoms with Crippen LogP contribution < -0.4 is 10.2 Å². The minimum atomic E-state index is -0.148. The van der Waals surface area contributed by atoms with Crippen molar-refractivity contribution in [3.05, 3.63) is 106 Å². The van der Waals surface area contributed by atoms with E-state index in [0.29, 0.717) is 6.54 Å². The van der Waals surface area contributed by atoms with Crippen LogP contribution in [0.25, 0.3) is 0 Å². The summed E-state index contributed by atoms with van der Waals surface area (Å²) in [6.07, 6.45) is 4.29. The number of hydrogen-bond acceptors (Lipinski definition) is 4. The van der Waals surface area contributed by atoms with Gasteiger partial charge < -0.3 is 10.2 Å². The third-order valence-electron chi connectivity index (χ3n) is 7.89. The molecule has 3 aromatic carbocycles. The Balaban J connectivity index is 1.40. The third-order valence-corrected chi connectivity index (χ3v) is 8.14. The van der Waals surface area contributed by atoms with Gasteiger partial charge in [0.15, 0.2) is 0 Å². The summed E-state index contributed by atoms with van der Waals surface area (Å²) in [5.74, 6) is 1.86. The summed E-state index contributed by atoms with van der Waals surface area (Å²) in [6.45, 7) is 5.26. The standard InChI is InChI=1S/C31H32ClN5O/c1-21-5-9-24(10-6-21)28-4-3-19-36(28)30-35-34-29(31(17-18-31)25-11-13-26(32)14-12-25)37(30)20-23-7-15-27(16-8-23)33-22(2)38/h5-16,28H,3-4,17-20H2,1-2H3,(H,33,38). The van der Waals surface area contributed by atoms with Crippen LogP contribution in [0.4, 0.5) is 11.6 Å². The van der Waals surface area contributed by atoms with Crippen LogP contribution in [0.5, 0.6) is 0 Å². The average molecular weight is 526 g/mol. The van der Waals surface area contributed by atoms with E-state index in [1.807, 2.05) is 24.3 Å². The van der Waals surface area contributed by atoms with Gasteiger partial charge in [-0.25, -0.2) is 0 Å². The molecule has 1 aromatic heterocycles. The van der Waals surface area contributed by atoms with E-state index in [4.69, 9.17) is 21.8 Å². The van der Waals surface area contributed by atoms with E-state index < -0.39 is 0 Å². The number of hydrogen-bond donors (Lipinski definition) is 1. The summed E-state index contributed by atoms with van der Waals surface area (Å²) in [6, 6.07) is 25.4. The Labute approximate surface area is 228 Å². The first-order valence-electron chi connectivity index (χ1n) is 13.3. The van der Waals surface area contributed by atoms with E-state index in [0.717, 1.165) is 60.3 Å². The molecule has 194 valence electrons. The van der Waals surface area contributed by atoms with Crippen molar-refractivity contribution in [3.8, 4) is 0 Å². The predicted molar refractivity (Wildman–Crippen MR) is 152 cm³/mol. The van der Waals surface area contributed by atoms with Crippen molar-refractivity contribution in [2.45, 2.75) is 57.5 Å². The Hall–Kier alpha value is -3.64. The molecule has 1 aliphatic carbocycles. The quantitative estimate of drug-likeness (QED) is 0.293. The summed E-state index contributed by atoms with van der Waals surface area (Å²) in [7, 11) is 0. The van der Waals surface area contributed by atoms with Gasteiger partial charge in [-0.2, -0.15) is 0 Å². The van der Waals surface area contributed by atoms with Crippen LogP contribution in [0.1, 0.15) is 66.7 Å². The zero-order valence-electron chi connectivity index (χ0n) is 21.8. The number of nitrogens with zero attached hydrogens (tertiary/aromatic N) is 4. The van der Waals surface area contributed by atoms with Crippen molar-refractivity contribution in [2.75, 3.05) is 16.8 Å². The topological polar surface area (TPSA) is 63.1 Å². The first-order chi connectivity index (χ1) is 18.4. The van der Waals surface area contributed by atoms with E-state index in [-0.39, 0.29) is 17.4 Å². The lowest BCUT2D eigenvalue weighted by Crippen LogP contribution is -2.27. The summed E-state index contributed by atoms with van der Waals surface area (Å²) < 4.78 is 2.32. The number of aromatic nitrogens is 3. The number of amides is 1. The van der Waals surface area contributed by atoms with E-state index in [1.165, 1.54) is 23.6 Å². The highest BCUT2D eigenvalue weighted by Crippen LogP contribution is 2.53. The zero-order valence-corrected chi connectivity index (χ0v) is 22.6. The van der Waals surface area contributed by atoms with Gasteiger partial charge in [0.2, 0.25) is 11.9 Å². The molecule has 1 N–H and O–H groups in total. The minimum Gasteiger partial charge on any atom is -0.334 e. The van der Waals surface area contributed by atoms with Gasteiger partial charge in [-0.05, 0) is 73.6 Å². The maximum atomic E-state index is 11.5. The average Bonchev–Trinajstić information content (AvgIpc) is 3.37. The normalized spacial score (nSPS) is 18.0. The Morgan fingerprint density at radius 3 is 2.37 bits per heavy atom. The second kappa shape index (κ2) is 9.91. The molecule has 7 heteroatoms. The van der Waals surface area contributed by atoms with Gasteiger partial charge in [-0.15, -0.1) is 10.2 Å². The molecule has 1 amide bonds. The Morgan fingerprint density at radius 2 is 1.71 bits per heavy atom. The van der Waals surface area contributed by atoms with Gasteiger partial charge in [0.1, 0.15) is 5.82 Å². The second-order valence-corrected chi connectivity index (χ2v) is 11.1. The van der Waals surface area contributed by atoms with Crippen molar-refractivity contribution in [1.29, 1.82) is 0 Å². The number of carbonyl (C=O) groups is 1. The highest BCUT2D eigenvalue weighted by molar-refractivity contribution is 6.30. The molecule has 0 radical (unpaired) electrons. The molecule has 4 aromatic rings. The van der Waals surface area contributed by atoms with Crippen LogP contribution in [-0.2, 0) is 16.8 Å². The molecule has 1 unspecified atom stereocenters. The smallest absolute Gasteiger partial charge is 0.228 e. The fraction of sp³-hybridized carbons (Fsp3) is 0.323. The number of aryl methyl sites for hydroxylation is 1. The van der Waals surface area contributed by atoms with Crippen molar-refractivity contribution in [3.63, 3.8) is 0 Å². The molecule has 1 saturated carbocycles. The second-order valence-electron chi connectivity index (χ2n) is 10.6. The Kier molecular flexibility index (Phi) is 6.44. The first kappa shape index (κ1) is 24.7. The molecule has 1 saturated heterocycles. The highest BCUT2D eigenvalue weighted by atomic mass is 35.5. The number of benzene rings is 3. The van der Waals surface area contributed by atoms with Gasteiger partial charge in [0.25, 0.3) is 0 Å². The number of rotatable bonds is 7. The van der Waals surface area contributed by atoms with Crippen molar-refractivity contribution in [1.82, 2.24) is 14.8 Å². The fourth-order valence-corrected chi connectivity index (χ4v) is 5.89. The fourth-order valence-electron chi connectivity index (χ4n) is 5.76. The lowest BCUT2D eigenvalue weighted by molar-refractivity contribution is -0.114. The summed E-state index contributed by atoms with van der Waals surface area (Å²) in [5, 5.41) is 13.3. The number of halogens is 1. The van der Waals surface area contributed by atoms with E-state index >= 15 is 0 Å². The maximum Gasteiger partial charge on any atom is 0.228 e. The van der Waals surface area contributed by atoms with Crippen LogP contribution in [-0.4, -0.2) is 27.2 Å². The molecule has 2 fully saturated rings. The SMILES string of the molecule is CC(=O)Nc1ccc(Cn2c(N3CCCC3c3ccc(C)cc3)nnc2C2(c3ccc(Cl)cc3)CC2)cc1. The van der Waals surface area contributed by atoms with E-state index in [1.54, 1.807) is 0 Å². The van der Waals surface area contributed by atoms with Gasteiger partial charge in [-0.1, -0.05) is 65.7 Å². The van der Waals surface area contributed by atoms with Crippen LogP contribution in [0.15, 0.2) is 72.8 Å². The Bertz CT molecular complexity index is 1440. The van der Waals surface area contributed by atoms with Crippen molar-refractivity contribution < 1.29 is 4.79 Å². The Morgan fingerprint density at radius 1 is 1.00 bits per heavy atom. The summed E-state index contributed by atoms with van der Waals surface area (Å²) in [5.41, 5.74) is 5.61. The molecule has 2 aliphatic rings. The largest absolute Gasteiger partial charge is 0.334 e. The third kappa shape index (κ3) is 4.69.